The zero-order valence-corrected chi connectivity index (χ0v) is 27.5. The predicted molar refractivity (Wildman–Crippen MR) is 179 cm³/mol. The molecule has 4 unspecified atom stereocenters. The molecule has 1 saturated carbocycles. The molecule has 1 aliphatic carbocycles. The van der Waals surface area contributed by atoms with Gasteiger partial charge in [-0.25, -0.2) is 13.8 Å². The maximum absolute atomic E-state index is 14.7. The number of nitrogens with zero attached hydrogens (tertiary/aromatic N) is 2. The van der Waals surface area contributed by atoms with Gasteiger partial charge in [0.05, 0.1) is 18.0 Å². The summed E-state index contributed by atoms with van der Waals surface area (Å²) in [6.45, 7) is 8.13. The Hall–Kier alpha value is -2.88. The Kier molecular flexibility index (Phi) is 14.2. The lowest BCUT2D eigenvalue weighted by molar-refractivity contribution is 0.0416. The molecule has 0 radical (unpaired) electrons. The Labute approximate surface area is 265 Å². The summed E-state index contributed by atoms with van der Waals surface area (Å²) in [6.07, 6.45) is 10.0. The van der Waals surface area contributed by atoms with Crippen LogP contribution in [0.2, 0.25) is 0 Å². The molecule has 4 atom stereocenters. The fourth-order valence-corrected chi connectivity index (χ4v) is 7.19. The lowest BCUT2D eigenvalue weighted by Crippen LogP contribution is -2.45. The van der Waals surface area contributed by atoms with Crippen LogP contribution < -0.4 is 11.1 Å². The minimum absolute atomic E-state index is 0.0913. The Morgan fingerprint density at radius 1 is 1.07 bits per heavy atom. The second kappa shape index (κ2) is 17.6. The Morgan fingerprint density at radius 2 is 1.77 bits per heavy atom. The fourth-order valence-electron chi connectivity index (χ4n) is 6.09. The Morgan fingerprint density at radius 3 is 2.39 bits per heavy atom. The number of carbonyl (C=O) groups is 1. The van der Waals surface area contributed by atoms with Crippen LogP contribution in [0.25, 0.3) is 11.3 Å². The summed E-state index contributed by atoms with van der Waals surface area (Å²) in [5.41, 5.74) is 10.2. The Balaban J connectivity index is 0.000000227. The lowest BCUT2D eigenvalue weighted by atomic mass is 9.73. The third kappa shape index (κ3) is 9.08. The van der Waals surface area contributed by atoms with Gasteiger partial charge in [-0.2, -0.15) is 11.8 Å². The molecule has 3 aromatic rings. The molecule has 0 amide bonds. The van der Waals surface area contributed by atoms with Crippen molar-refractivity contribution >= 4 is 23.7 Å². The number of halogens is 2. The van der Waals surface area contributed by atoms with Gasteiger partial charge in [0, 0.05) is 24.8 Å². The summed E-state index contributed by atoms with van der Waals surface area (Å²) >= 11 is 1.92. The number of aliphatic hydroxyl groups is 1. The molecule has 4 N–H and O–H groups in total. The first-order chi connectivity index (χ1) is 21.2. The quantitative estimate of drug-likeness (QED) is 0.239. The second-order valence-electron chi connectivity index (χ2n) is 11.7. The van der Waals surface area contributed by atoms with E-state index < -0.39 is 11.6 Å². The van der Waals surface area contributed by atoms with E-state index >= 15 is 0 Å². The van der Waals surface area contributed by atoms with Crippen LogP contribution in [0.3, 0.4) is 0 Å². The molecule has 2 aromatic heterocycles. The number of pyridine rings is 2. The number of hydrogen-bond donors (Lipinski definition) is 3. The van der Waals surface area contributed by atoms with Crippen LogP contribution >= 0.6 is 11.8 Å². The molecular formula is C35H48F2N4O2S. The fraction of sp³-hybridized carbons (Fsp3) is 0.514. The third-order valence-corrected chi connectivity index (χ3v) is 9.43. The van der Waals surface area contributed by atoms with Crippen molar-refractivity contribution in [3.8, 4) is 11.3 Å². The van der Waals surface area contributed by atoms with Crippen molar-refractivity contribution < 1.29 is 18.7 Å². The number of hydrogen-bond acceptors (Lipinski definition) is 7. The van der Waals surface area contributed by atoms with E-state index in [-0.39, 0.29) is 29.1 Å². The molecule has 3 heterocycles. The van der Waals surface area contributed by atoms with Gasteiger partial charge in [0.2, 0.25) is 0 Å². The molecule has 6 nitrogen and oxygen atoms in total. The van der Waals surface area contributed by atoms with Crippen LogP contribution in [0.5, 0.6) is 0 Å². The van der Waals surface area contributed by atoms with Gasteiger partial charge in [-0.15, -0.1) is 0 Å². The van der Waals surface area contributed by atoms with E-state index in [9.17, 15) is 18.7 Å². The van der Waals surface area contributed by atoms with Crippen molar-refractivity contribution in [2.45, 2.75) is 90.2 Å². The molecule has 5 rings (SSSR count). The van der Waals surface area contributed by atoms with Crippen LogP contribution in [0, 0.1) is 24.5 Å². The summed E-state index contributed by atoms with van der Waals surface area (Å²) in [7, 11) is 1.91. The summed E-state index contributed by atoms with van der Waals surface area (Å²) in [5, 5.41) is 13.3. The maximum Gasteiger partial charge on any atom is 0.168 e. The molecule has 9 heteroatoms. The van der Waals surface area contributed by atoms with Gasteiger partial charge in [0.1, 0.15) is 23.0 Å². The van der Waals surface area contributed by atoms with E-state index in [0.29, 0.717) is 29.6 Å². The number of aryl methyl sites for hydroxylation is 1. The molecule has 1 aromatic carbocycles. The van der Waals surface area contributed by atoms with E-state index in [0.717, 1.165) is 60.9 Å². The number of anilines is 1. The normalized spacial score (nSPS) is 21.8. The monoisotopic (exact) mass is 626 g/mol. The van der Waals surface area contributed by atoms with Crippen molar-refractivity contribution in [1.29, 1.82) is 0 Å². The number of nitrogens with one attached hydrogen (secondary N) is 1. The summed E-state index contributed by atoms with van der Waals surface area (Å²) in [6, 6.07) is 7.80. The topological polar surface area (TPSA) is 101 Å². The highest BCUT2D eigenvalue weighted by Crippen LogP contribution is 2.40. The average molecular weight is 627 g/mol. The minimum Gasteiger partial charge on any atom is -0.391 e. The minimum atomic E-state index is -0.626. The number of aldehydes is 1. The highest BCUT2D eigenvalue weighted by molar-refractivity contribution is 7.99. The molecule has 240 valence electrons. The first-order valence-electron chi connectivity index (χ1n) is 15.7. The van der Waals surface area contributed by atoms with Gasteiger partial charge in [-0.1, -0.05) is 39.7 Å². The van der Waals surface area contributed by atoms with Gasteiger partial charge in [-0.3, -0.25) is 9.78 Å². The molecule has 2 fully saturated rings. The molecule has 0 spiro atoms. The van der Waals surface area contributed by atoms with Crippen LogP contribution in [-0.4, -0.2) is 52.1 Å². The van der Waals surface area contributed by atoms with E-state index in [1.54, 1.807) is 6.92 Å². The molecule has 1 aliphatic heterocycles. The van der Waals surface area contributed by atoms with Crippen molar-refractivity contribution in [2.75, 3.05) is 23.9 Å². The van der Waals surface area contributed by atoms with Crippen LogP contribution in [0.15, 0.2) is 42.7 Å². The number of aliphatic hydroxyl groups excluding tert-OH is 1. The van der Waals surface area contributed by atoms with Crippen molar-refractivity contribution in [2.24, 2.45) is 11.7 Å². The van der Waals surface area contributed by atoms with Gasteiger partial charge in [-0.05, 0) is 103 Å². The van der Waals surface area contributed by atoms with Crippen molar-refractivity contribution in [1.82, 2.24) is 9.97 Å². The predicted octanol–water partition coefficient (Wildman–Crippen LogP) is 7.89. The van der Waals surface area contributed by atoms with Crippen LogP contribution in [0.4, 0.5) is 14.5 Å². The third-order valence-electron chi connectivity index (χ3n) is 8.38. The van der Waals surface area contributed by atoms with Gasteiger partial charge < -0.3 is 16.2 Å². The number of benzene rings is 1. The van der Waals surface area contributed by atoms with Crippen LogP contribution in [0.1, 0.15) is 98.3 Å². The maximum atomic E-state index is 14.7. The molecule has 1 saturated heterocycles. The Bertz CT molecular complexity index is 1330. The van der Waals surface area contributed by atoms with Gasteiger partial charge in [0.25, 0.3) is 0 Å². The van der Waals surface area contributed by atoms with Crippen LogP contribution in [-0.2, 0) is 0 Å². The first kappa shape index (κ1) is 35.6. The SMILES string of the molecule is CCC.CCC1CC(c2ccncc2NC)CC(N)C1O.Cc1cc(C2CCSCC2)cc(F)c1-c1nc(C=O)ccc1F. The summed E-state index contributed by atoms with van der Waals surface area (Å²) < 4.78 is 28.7. The van der Waals surface area contributed by atoms with E-state index in [1.165, 1.54) is 24.1 Å². The van der Waals surface area contributed by atoms with E-state index in [2.05, 4.69) is 42.1 Å². The molecule has 2 aliphatic rings. The summed E-state index contributed by atoms with van der Waals surface area (Å²) in [4.78, 5) is 18.9. The molecule has 44 heavy (non-hydrogen) atoms. The smallest absolute Gasteiger partial charge is 0.168 e. The number of aromatic nitrogens is 2. The highest BCUT2D eigenvalue weighted by atomic mass is 32.2. The van der Waals surface area contributed by atoms with Crippen molar-refractivity contribution in [3.05, 3.63) is 76.7 Å². The zero-order valence-electron chi connectivity index (χ0n) is 26.7. The number of carbonyl (C=O) groups excluding carboxylic acids is 1. The number of nitrogens with two attached hydrogens (primary N) is 1. The van der Waals surface area contributed by atoms with E-state index in [1.807, 2.05) is 37.3 Å². The lowest BCUT2D eigenvalue weighted by Gasteiger charge is -2.38. The molecule has 0 bridgehead atoms. The van der Waals surface area contributed by atoms with Crippen molar-refractivity contribution in [3.63, 3.8) is 0 Å². The average Bonchev–Trinajstić information content (AvgIpc) is 3.04. The zero-order chi connectivity index (χ0) is 32.2. The molecular weight excluding hydrogens is 578 g/mol. The summed E-state index contributed by atoms with van der Waals surface area (Å²) in [5.74, 6) is 2.15. The second-order valence-corrected chi connectivity index (χ2v) is 12.9. The van der Waals surface area contributed by atoms with Gasteiger partial charge in [0.15, 0.2) is 6.29 Å². The number of thioether (sulfide) groups is 1. The largest absolute Gasteiger partial charge is 0.391 e. The standard InChI is InChI=1S/C18H17F2NOS.C14H23N3O.C3H8/c1-11-8-13(12-4-6-23-7-5-12)9-16(20)17(11)18-15(19)3-2-14(10-22)21-18;1-3-9-6-10(7-12(15)14(9)18)11-4-5-17-8-13(11)16-2;1-3-2/h2-3,8-10,12H,4-7H2,1H3;4-5,8-10,12,14,16,18H,3,6-7,15H2,1-2H3;3H2,1-2H3. The first-order valence-corrected chi connectivity index (χ1v) is 16.9. The van der Waals surface area contributed by atoms with E-state index in [4.69, 9.17) is 5.73 Å². The highest BCUT2D eigenvalue weighted by Gasteiger charge is 2.35. The number of rotatable bonds is 6. The van der Waals surface area contributed by atoms with Gasteiger partial charge >= 0.3 is 0 Å².